The Hall–Kier alpha value is -1.35. The van der Waals surface area contributed by atoms with Gasteiger partial charge in [0.25, 0.3) is 0 Å². The molecule has 2 N–H and O–H groups in total. The molecule has 0 aliphatic rings. The number of carbonyl (C=O) groups is 1. The fourth-order valence-corrected chi connectivity index (χ4v) is 1.37. The third kappa shape index (κ3) is 4.94. The quantitative estimate of drug-likeness (QED) is 0.790. The second-order valence-electron chi connectivity index (χ2n) is 4.15. The van der Waals surface area contributed by atoms with Crippen LogP contribution in [0.4, 0.5) is 0 Å². The van der Waals surface area contributed by atoms with Crippen LogP contribution in [0.1, 0.15) is 24.5 Å². The Morgan fingerprint density at radius 3 is 2.56 bits per heavy atom. The van der Waals surface area contributed by atoms with E-state index in [4.69, 9.17) is 5.11 Å². The summed E-state index contributed by atoms with van der Waals surface area (Å²) in [6, 6.07) is 7.92. The SMILES string of the molecule is Cc1ccc(CC(=O)NCCC(C)O)cc1. The van der Waals surface area contributed by atoms with Crippen molar-refractivity contribution in [3.8, 4) is 0 Å². The molecular formula is C13H19NO2. The van der Waals surface area contributed by atoms with Gasteiger partial charge in [-0.25, -0.2) is 0 Å². The molecule has 0 radical (unpaired) electrons. The lowest BCUT2D eigenvalue weighted by molar-refractivity contribution is -0.120. The third-order valence-electron chi connectivity index (χ3n) is 2.37. The van der Waals surface area contributed by atoms with E-state index in [-0.39, 0.29) is 12.0 Å². The fraction of sp³-hybridized carbons (Fsp3) is 0.462. The third-order valence-corrected chi connectivity index (χ3v) is 2.37. The molecule has 1 rings (SSSR count). The minimum absolute atomic E-state index is 0.00417. The molecule has 3 heteroatoms. The highest BCUT2D eigenvalue weighted by Crippen LogP contribution is 2.03. The Labute approximate surface area is 96.5 Å². The first-order chi connectivity index (χ1) is 7.58. The van der Waals surface area contributed by atoms with Gasteiger partial charge >= 0.3 is 0 Å². The van der Waals surface area contributed by atoms with Crippen molar-refractivity contribution < 1.29 is 9.90 Å². The molecule has 1 aromatic carbocycles. The Balaban J connectivity index is 2.31. The molecule has 0 heterocycles. The van der Waals surface area contributed by atoms with Gasteiger partial charge in [-0.3, -0.25) is 4.79 Å². The molecule has 16 heavy (non-hydrogen) atoms. The zero-order valence-corrected chi connectivity index (χ0v) is 9.86. The lowest BCUT2D eigenvalue weighted by atomic mass is 10.1. The van der Waals surface area contributed by atoms with Crippen LogP contribution in [0.3, 0.4) is 0 Å². The van der Waals surface area contributed by atoms with Crippen LogP contribution in [0.15, 0.2) is 24.3 Å². The van der Waals surface area contributed by atoms with Crippen LogP contribution in [0, 0.1) is 6.92 Å². The van der Waals surface area contributed by atoms with Crippen LogP contribution in [-0.2, 0) is 11.2 Å². The highest BCUT2D eigenvalue weighted by molar-refractivity contribution is 5.78. The minimum atomic E-state index is -0.361. The predicted octanol–water partition coefficient (Wildman–Crippen LogP) is 1.42. The Morgan fingerprint density at radius 1 is 1.38 bits per heavy atom. The number of benzene rings is 1. The second kappa shape index (κ2) is 6.28. The lowest BCUT2D eigenvalue weighted by Crippen LogP contribution is -2.27. The zero-order chi connectivity index (χ0) is 12.0. The number of aliphatic hydroxyl groups is 1. The summed E-state index contributed by atoms with van der Waals surface area (Å²) in [5.74, 6) is 0.00417. The van der Waals surface area contributed by atoms with Crippen molar-refractivity contribution in [2.75, 3.05) is 6.54 Å². The first kappa shape index (κ1) is 12.7. The average Bonchev–Trinajstić information content (AvgIpc) is 2.21. The van der Waals surface area contributed by atoms with Gasteiger partial charge in [0.2, 0.25) is 5.91 Å². The molecule has 3 nitrogen and oxygen atoms in total. The van der Waals surface area contributed by atoms with Crippen LogP contribution in [0.5, 0.6) is 0 Å². The molecule has 0 bridgehead atoms. The topological polar surface area (TPSA) is 49.3 Å². The number of nitrogens with one attached hydrogen (secondary N) is 1. The van der Waals surface area contributed by atoms with Gasteiger partial charge in [0.1, 0.15) is 0 Å². The van der Waals surface area contributed by atoms with Crippen molar-refractivity contribution in [3.05, 3.63) is 35.4 Å². The molecule has 0 aliphatic carbocycles. The van der Waals surface area contributed by atoms with Gasteiger partial charge in [-0.1, -0.05) is 29.8 Å². The van der Waals surface area contributed by atoms with Gasteiger partial charge in [0.15, 0.2) is 0 Å². The molecule has 1 atom stereocenters. The van der Waals surface area contributed by atoms with E-state index < -0.39 is 0 Å². The molecule has 0 spiro atoms. The summed E-state index contributed by atoms with van der Waals surface area (Å²) in [7, 11) is 0. The molecule has 88 valence electrons. The van der Waals surface area contributed by atoms with Crippen LogP contribution in [-0.4, -0.2) is 23.7 Å². The van der Waals surface area contributed by atoms with E-state index in [9.17, 15) is 4.79 Å². The van der Waals surface area contributed by atoms with Gasteiger partial charge in [-0.2, -0.15) is 0 Å². The van der Waals surface area contributed by atoms with Crippen LogP contribution >= 0.6 is 0 Å². The van der Waals surface area contributed by atoms with Crippen molar-refractivity contribution in [1.29, 1.82) is 0 Å². The summed E-state index contributed by atoms with van der Waals surface area (Å²) < 4.78 is 0. The second-order valence-corrected chi connectivity index (χ2v) is 4.15. The molecule has 0 fully saturated rings. The highest BCUT2D eigenvalue weighted by Gasteiger charge is 2.03. The number of aliphatic hydroxyl groups excluding tert-OH is 1. The Kier molecular flexibility index (Phi) is 4.99. The monoisotopic (exact) mass is 221 g/mol. The minimum Gasteiger partial charge on any atom is -0.393 e. The standard InChI is InChI=1S/C13H19NO2/c1-10-3-5-12(6-4-10)9-13(16)14-8-7-11(2)15/h3-6,11,15H,7-9H2,1-2H3,(H,14,16). The summed E-state index contributed by atoms with van der Waals surface area (Å²) in [5.41, 5.74) is 2.21. The summed E-state index contributed by atoms with van der Waals surface area (Å²) >= 11 is 0. The van der Waals surface area contributed by atoms with E-state index in [2.05, 4.69) is 5.32 Å². The van der Waals surface area contributed by atoms with Crippen LogP contribution < -0.4 is 5.32 Å². The molecule has 1 amide bonds. The van der Waals surface area contributed by atoms with Gasteiger partial charge in [0.05, 0.1) is 12.5 Å². The first-order valence-electron chi connectivity index (χ1n) is 5.58. The van der Waals surface area contributed by atoms with E-state index in [0.717, 1.165) is 5.56 Å². The number of rotatable bonds is 5. The maximum Gasteiger partial charge on any atom is 0.224 e. The Morgan fingerprint density at radius 2 is 2.00 bits per heavy atom. The highest BCUT2D eigenvalue weighted by atomic mass is 16.3. The lowest BCUT2D eigenvalue weighted by Gasteiger charge is -2.06. The summed E-state index contributed by atoms with van der Waals surface area (Å²) in [6.07, 6.45) is 0.638. The van der Waals surface area contributed by atoms with E-state index in [0.29, 0.717) is 19.4 Å². The molecule has 0 saturated carbocycles. The van der Waals surface area contributed by atoms with E-state index in [1.807, 2.05) is 31.2 Å². The normalized spacial score (nSPS) is 12.2. The number of hydrogen-bond acceptors (Lipinski definition) is 2. The summed E-state index contributed by atoms with van der Waals surface area (Å²) in [4.78, 5) is 11.5. The molecule has 1 unspecified atom stereocenters. The van der Waals surface area contributed by atoms with Crippen molar-refractivity contribution >= 4 is 5.91 Å². The largest absolute Gasteiger partial charge is 0.393 e. The molecule has 0 aromatic heterocycles. The summed E-state index contributed by atoms with van der Waals surface area (Å²) in [6.45, 7) is 4.26. The zero-order valence-electron chi connectivity index (χ0n) is 9.86. The maximum absolute atomic E-state index is 11.5. The number of hydrogen-bond donors (Lipinski definition) is 2. The van der Waals surface area contributed by atoms with Crippen molar-refractivity contribution in [1.82, 2.24) is 5.32 Å². The van der Waals surface area contributed by atoms with Crippen molar-refractivity contribution in [2.45, 2.75) is 32.8 Å². The van der Waals surface area contributed by atoms with Crippen LogP contribution in [0.25, 0.3) is 0 Å². The number of aryl methyl sites for hydroxylation is 1. The van der Waals surface area contributed by atoms with Gasteiger partial charge in [-0.05, 0) is 25.8 Å². The van der Waals surface area contributed by atoms with E-state index in [1.165, 1.54) is 5.56 Å². The maximum atomic E-state index is 11.5. The van der Waals surface area contributed by atoms with Crippen LogP contribution in [0.2, 0.25) is 0 Å². The van der Waals surface area contributed by atoms with E-state index in [1.54, 1.807) is 6.92 Å². The van der Waals surface area contributed by atoms with Gasteiger partial charge in [0, 0.05) is 6.54 Å². The van der Waals surface area contributed by atoms with Gasteiger partial charge in [-0.15, -0.1) is 0 Å². The van der Waals surface area contributed by atoms with Crippen molar-refractivity contribution in [2.24, 2.45) is 0 Å². The Bertz CT molecular complexity index is 330. The fourth-order valence-electron chi connectivity index (χ4n) is 1.37. The molecule has 1 aromatic rings. The number of amides is 1. The predicted molar refractivity (Wildman–Crippen MR) is 64.2 cm³/mol. The summed E-state index contributed by atoms with van der Waals surface area (Å²) in [5, 5.41) is 11.8. The smallest absolute Gasteiger partial charge is 0.224 e. The molecule has 0 aliphatic heterocycles. The average molecular weight is 221 g/mol. The first-order valence-corrected chi connectivity index (χ1v) is 5.58. The number of carbonyl (C=O) groups excluding carboxylic acids is 1. The molecular weight excluding hydrogens is 202 g/mol. The van der Waals surface area contributed by atoms with Crippen molar-refractivity contribution in [3.63, 3.8) is 0 Å². The van der Waals surface area contributed by atoms with E-state index >= 15 is 0 Å². The molecule has 0 saturated heterocycles. The van der Waals surface area contributed by atoms with Gasteiger partial charge < -0.3 is 10.4 Å².